The number of carbonyl (C=O) groups excluding carboxylic acids is 1. The van der Waals surface area contributed by atoms with Gasteiger partial charge in [-0.05, 0) is 23.8 Å². The summed E-state index contributed by atoms with van der Waals surface area (Å²) in [6, 6.07) is 9.54. The van der Waals surface area contributed by atoms with Gasteiger partial charge in [-0.2, -0.15) is 0 Å². The van der Waals surface area contributed by atoms with Crippen LogP contribution in [0.1, 0.15) is 22.0 Å². The minimum absolute atomic E-state index is 0.00674. The molecule has 4 nitrogen and oxygen atoms in total. The molecule has 0 bridgehead atoms. The SMILES string of the molecule is O=C(c1ccoc1)N1CCN[C@H](c2cccc(Cl)c2)C1. The van der Waals surface area contributed by atoms with E-state index in [1.54, 1.807) is 6.07 Å². The number of hydrogen-bond acceptors (Lipinski definition) is 3. The quantitative estimate of drug-likeness (QED) is 0.925. The van der Waals surface area contributed by atoms with Gasteiger partial charge in [-0.3, -0.25) is 4.79 Å². The molecule has 0 spiro atoms. The van der Waals surface area contributed by atoms with Crippen molar-refractivity contribution in [2.24, 2.45) is 0 Å². The summed E-state index contributed by atoms with van der Waals surface area (Å²) in [5, 5.41) is 4.13. The van der Waals surface area contributed by atoms with Gasteiger partial charge in [-0.15, -0.1) is 0 Å². The summed E-state index contributed by atoms with van der Waals surface area (Å²) < 4.78 is 4.97. The molecule has 0 aliphatic carbocycles. The van der Waals surface area contributed by atoms with Crippen LogP contribution in [0.3, 0.4) is 0 Å². The summed E-state index contributed by atoms with van der Waals surface area (Å²) >= 11 is 6.02. The topological polar surface area (TPSA) is 45.5 Å². The first kappa shape index (κ1) is 13.2. The minimum atomic E-state index is 0.00674. The Morgan fingerprint density at radius 3 is 3.05 bits per heavy atom. The van der Waals surface area contributed by atoms with Gasteiger partial charge in [-0.25, -0.2) is 0 Å². The maximum atomic E-state index is 12.3. The van der Waals surface area contributed by atoms with E-state index in [0.717, 1.165) is 12.1 Å². The fourth-order valence-corrected chi connectivity index (χ4v) is 2.65. The number of benzene rings is 1. The lowest BCUT2D eigenvalue weighted by atomic mass is 10.0. The lowest BCUT2D eigenvalue weighted by Crippen LogP contribution is -2.48. The first-order valence-electron chi connectivity index (χ1n) is 6.54. The number of nitrogens with one attached hydrogen (secondary N) is 1. The fourth-order valence-electron chi connectivity index (χ4n) is 2.45. The molecule has 1 aromatic carbocycles. The van der Waals surface area contributed by atoms with Gasteiger partial charge >= 0.3 is 0 Å². The number of carbonyl (C=O) groups is 1. The molecule has 5 heteroatoms. The summed E-state index contributed by atoms with van der Waals surface area (Å²) in [6.07, 6.45) is 3.00. The van der Waals surface area contributed by atoms with Crippen LogP contribution in [-0.4, -0.2) is 30.4 Å². The molecule has 20 heavy (non-hydrogen) atoms. The van der Waals surface area contributed by atoms with Crippen molar-refractivity contribution in [2.45, 2.75) is 6.04 Å². The molecule has 0 radical (unpaired) electrons. The lowest BCUT2D eigenvalue weighted by Gasteiger charge is -2.33. The van der Waals surface area contributed by atoms with Crippen LogP contribution < -0.4 is 5.32 Å². The average Bonchev–Trinajstić information content (AvgIpc) is 3.01. The molecule has 1 atom stereocenters. The number of furan rings is 1. The molecule has 1 saturated heterocycles. The Morgan fingerprint density at radius 2 is 2.30 bits per heavy atom. The molecule has 1 amide bonds. The summed E-state index contributed by atoms with van der Waals surface area (Å²) in [7, 11) is 0. The van der Waals surface area contributed by atoms with E-state index in [-0.39, 0.29) is 11.9 Å². The van der Waals surface area contributed by atoms with E-state index in [4.69, 9.17) is 16.0 Å². The van der Waals surface area contributed by atoms with Crippen LogP contribution in [0.4, 0.5) is 0 Å². The fraction of sp³-hybridized carbons (Fsp3) is 0.267. The zero-order valence-electron chi connectivity index (χ0n) is 10.9. The Morgan fingerprint density at radius 1 is 1.40 bits per heavy atom. The van der Waals surface area contributed by atoms with Crippen molar-refractivity contribution >= 4 is 17.5 Å². The van der Waals surface area contributed by atoms with Gasteiger partial charge in [0.05, 0.1) is 17.9 Å². The van der Waals surface area contributed by atoms with Crippen LogP contribution in [0.5, 0.6) is 0 Å². The van der Waals surface area contributed by atoms with E-state index in [0.29, 0.717) is 23.7 Å². The summed E-state index contributed by atoms with van der Waals surface area (Å²) in [5.41, 5.74) is 1.69. The second-order valence-electron chi connectivity index (χ2n) is 4.82. The first-order valence-corrected chi connectivity index (χ1v) is 6.92. The van der Waals surface area contributed by atoms with Gasteiger partial charge in [-0.1, -0.05) is 23.7 Å². The Balaban J connectivity index is 1.75. The second kappa shape index (κ2) is 5.69. The molecule has 1 N–H and O–H groups in total. The van der Waals surface area contributed by atoms with Gasteiger partial charge in [0.1, 0.15) is 6.26 Å². The lowest BCUT2D eigenvalue weighted by molar-refractivity contribution is 0.0702. The summed E-state index contributed by atoms with van der Waals surface area (Å²) in [6.45, 7) is 2.09. The van der Waals surface area contributed by atoms with Crippen LogP contribution >= 0.6 is 11.6 Å². The van der Waals surface area contributed by atoms with Crippen molar-refractivity contribution in [3.05, 3.63) is 59.0 Å². The van der Waals surface area contributed by atoms with Crippen LogP contribution in [0.2, 0.25) is 5.02 Å². The third-order valence-electron chi connectivity index (χ3n) is 3.48. The van der Waals surface area contributed by atoms with Crippen molar-refractivity contribution in [1.82, 2.24) is 10.2 Å². The van der Waals surface area contributed by atoms with E-state index < -0.39 is 0 Å². The molecular formula is C15H15ClN2O2. The van der Waals surface area contributed by atoms with Crippen molar-refractivity contribution in [2.75, 3.05) is 19.6 Å². The van der Waals surface area contributed by atoms with Crippen molar-refractivity contribution < 1.29 is 9.21 Å². The van der Waals surface area contributed by atoms with Gasteiger partial charge < -0.3 is 14.6 Å². The molecule has 0 saturated carbocycles. The Labute approximate surface area is 122 Å². The van der Waals surface area contributed by atoms with E-state index in [1.165, 1.54) is 12.5 Å². The van der Waals surface area contributed by atoms with Gasteiger partial charge in [0.15, 0.2) is 0 Å². The molecule has 1 aliphatic heterocycles. The molecule has 104 valence electrons. The van der Waals surface area contributed by atoms with E-state index in [2.05, 4.69) is 5.32 Å². The summed E-state index contributed by atoms with van der Waals surface area (Å²) in [5.74, 6) is 0.00674. The van der Waals surface area contributed by atoms with Gasteiger partial charge in [0, 0.05) is 24.7 Å². The molecule has 3 rings (SSSR count). The van der Waals surface area contributed by atoms with E-state index in [1.807, 2.05) is 29.2 Å². The third-order valence-corrected chi connectivity index (χ3v) is 3.72. The van der Waals surface area contributed by atoms with Crippen LogP contribution in [0.25, 0.3) is 0 Å². The summed E-state index contributed by atoms with van der Waals surface area (Å²) in [4.78, 5) is 14.2. The van der Waals surface area contributed by atoms with E-state index in [9.17, 15) is 4.79 Å². The Bertz CT molecular complexity index is 598. The normalized spacial score (nSPS) is 19.1. The molecule has 1 aliphatic rings. The number of halogens is 1. The third kappa shape index (κ3) is 2.71. The largest absolute Gasteiger partial charge is 0.472 e. The van der Waals surface area contributed by atoms with Crippen molar-refractivity contribution in [3.63, 3.8) is 0 Å². The number of nitrogens with zero attached hydrogens (tertiary/aromatic N) is 1. The molecule has 1 aromatic heterocycles. The molecule has 2 aromatic rings. The molecule has 1 fully saturated rings. The molecule has 0 unspecified atom stereocenters. The van der Waals surface area contributed by atoms with Crippen molar-refractivity contribution in [1.29, 1.82) is 0 Å². The highest BCUT2D eigenvalue weighted by Crippen LogP contribution is 2.21. The number of amides is 1. The highest BCUT2D eigenvalue weighted by Gasteiger charge is 2.25. The highest BCUT2D eigenvalue weighted by molar-refractivity contribution is 6.30. The predicted molar refractivity (Wildman–Crippen MR) is 76.8 cm³/mol. The van der Waals surface area contributed by atoms with Gasteiger partial charge in [0.2, 0.25) is 0 Å². The van der Waals surface area contributed by atoms with Gasteiger partial charge in [0.25, 0.3) is 5.91 Å². The monoisotopic (exact) mass is 290 g/mol. The molecular weight excluding hydrogens is 276 g/mol. The minimum Gasteiger partial charge on any atom is -0.472 e. The smallest absolute Gasteiger partial charge is 0.257 e. The molecule has 2 heterocycles. The standard InChI is InChI=1S/C15H15ClN2O2/c16-13-3-1-2-11(8-13)14-9-18(6-5-17-14)15(19)12-4-7-20-10-12/h1-4,7-8,10,14,17H,5-6,9H2/t14-/m0/s1. The van der Waals surface area contributed by atoms with E-state index >= 15 is 0 Å². The van der Waals surface area contributed by atoms with Crippen LogP contribution in [-0.2, 0) is 0 Å². The zero-order chi connectivity index (χ0) is 13.9. The zero-order valence-corrected chi connectivity index (χ0v) is 11.6. The first-order chi connectivity index (χ1) is 9.74. The highest BCUT2D eigenvalue weighted by atomic mass is 35.5. The predicted octanol–water partition coefficient (Wildman–Crippen LogP) is 2.72. The van der Waals surface area contributed by atoms with Crippen LogP contribution in [0, 0.1) is 0 Å². The average molecular weight is 291 g/mol. The van der Waals surface area contributed by atoms with Crippen molar-refractivity contribution in [3.8, 4) is 0 Å². The number of rotatable bonds is 2. The maximum Gasteiger partial charge on any atom is 0.257 e. The van der Waals surface area contributed by atoms with Crippen LogP contribution in [0.15, 0.2) is 47.3 Å². The second-order valence-corrected chi connectivity index (χ2v) is 5.26. The Kier molecular flexibility index (Phi) is 3.76. The number of piperazine rings is 1. The Hall–Kier alpha value is -1.78. The maximum absolute atomic E-state index is 12.3. The number of hydrogen-bond donors (Lipinski definition) is 1.